The molecule has 0 unspecified atom stereocenters. The summed E-state index contributed by atoms with van der Waals surface area (Å²) in [5, 5.41) is 7.40. The van der Waals surface area contributed by atoms with E-state index >= 15 is 0 Å². The van der Waals surface area contributed by atoms with Crippen LogP contribution >= 0.6 is 0 Å². The standard InChI is InChI=1S/C16H16FN3O2/c1-11-5-4-6-12(9-11)19-16(22)18-10-15(21)20-14-8-3-2-7-13(14)17/h2-9H,10H2,1H3,(H,20,21)(H2,18,19,22). The van der Waals surface area contributed by atoms with E-state index in [9.17, 15) is 14.0 Å². The molecule has 2 rings (SSSR count). The Kier molecular flexibility index (Phi) is 5.08. The van der Waals surface area contributed by atoms with Gasteiger partial charge < -0.3 is 16.0 Å². The second kappa shape index (κ2) is 7.21. The zero-order valence-electron chi connectivity index (χ0n) is 12.0. The third kappa shape index (κ3) is 4.59. The summed E-state index contributed by atoms with van der Waals surface area (Å²) in [4.78, 5) is 23.3. The lowest BCUT2D eigenvalue weighted by atomic mass is 10.2. The highest BCUT2D eigenvalue weighted by molar-refractivity contribution is 5.97. The van der Waals surface area contributed by atoms with E-state index in [-0.39, 0.29) is 12.2 Å². The molecule has 0 atom stereocenters. The Bertz CT molecular complexity index is 689. The van der Waals surface area contributed by atoms with Crippen molar-refractivity contribution in [2.24, 2.45) is 0 Å². The van der Waals surface area contributed by atoms with Gasteiger partial charge in [-0.1, -0.05) is 24.3 Å². The second-order valence-corrected chi connectivity index (χ2v) is 4.71. The predicted molar refractivity (Wildman–Crippen MR) is 83.2 cm³/mol. The van der Waals surface area contributed by atoms with Crippen LogP contribution in [0.15, 0.2) is 48.5 Å². The van der Waals surface area contributed by atoms with Gasteiger partial charge in [0.1, 0.15) is 5.82 Å². The van der Waals surface area contributed by atoms with Crippen LogP contribution in [0, 0.1) is 12.7 Å². The molecule has 5 nitrogen and oxygen atoms in total. The van der Waals surface area contributed by atoms with Crippen LogP contribution in [0.2, 0.25) is 0 Å². The molecule has 22 heavy (non-hydrogen) atoms. The number of rotatable bonds is 4. The summed E-state index contributed by atoms with van der Waals surface area (Å²) in [6.45, 7) is 1.65. The number of hydrogen-bond acceptors (Lipinski definition) is 2. The van der Waals surface area contributed by atoms with Gasteiger partial charge in [-0.05, 0) is 36.8 Å². The van der Waals surface area contributed by atoms with Crippen molar-refractivity contribution in [1.29, 1.82) is 0 Å². The molecule has 2 aromatic carbocycles. The third-order valence-corrected chi connectivity index (χ3v) is 2.83. The first-order valence-electron chi connectivity index (χ1n) is 6.70. The van der Waals surface area contributed by atoms with Crippen molar-refractivity contribution in [3.05, 3.63) is 59.9 Å². The zero-order valence-corrected chi connectivity index (χ0v) is 12.0. The quantitative estimate of drug-likeness (QED) is 0.812. The number of carbonyl (C=O) groups excluding carboxylic acids is 2. The minimum Gasteiger partial charge on any atom is -0.329 e. The normalized spacial score (nSPS) is 9.91. The molecule has 3 N–H and O–H groups in total. The predicted octanol–water partition coefficient (Wildman–Crippen LogP) is 2.89. The summed E-state index contributed by atoms with van der Waals surface area (Å²) in [6, 6.07) is 12.6. The summed E-state index contributed by atoms with van der Waals surface area (Å²) in [5.41, 5.74) is 1.72. The Morgan fingerprint density at radius 1 is 1.05 bits per heavy atom. The number of aryl methyl sites for hydroxylation is 1. The van der Waals surface area contributed by atoms with Gasteiger partial charge in [0.05, 0.1) is 12.2 Å². The van der Waals surface area contributed by atoms with Gasteiger partial charge in [-0.15, -0.1) is 0 Å². The van der Waals surface area contributed by atoms with E-state index in [4.69, 9.17) is 0 Å². The molecule has 0 aliphatic heterocycles. The molecule has 0 spiro atoms. The number of halogens is 1. The van der Waals surface area contributed by atoms with Crippen LogP contribution in [0.25, 0.3) is 0 Å². The van der Waals surface area contributed by atoms with Crippen molar-refractivity contribution in [3.63, 3.8) is 0 Å². The molecule has 0 fully saturated rings. The molecule has 0 radical (unpaired) electrons. The molecule has 2 aromatic rings. The average Bonchev–Trinajstić information content (AvgIpc) is 2.48. The lowest BCUT2D eigenvalue weighted by molar-refractivity contribution is -0.115. The molecule has 0 saturated carbocycles. The Morgan fingerprint density at radius 2 is 1.82 bits per heavy atom. The Hall–Kier alpha value is -2.89. The van der Waals surface area contributed by atoms with Crippen LogP contribution in [-0.4, -0.2) is 18.5 Å². The van der Waals surface area contributed by atoms with E-state index in [0.29, 0.717) is 5.69 Å². The molecule has 0 heterocycles. The number of benzene rings is 2. The molecule has 6 heteroatoms. The Morgan fingerprint density at radius 3 is 2.55 bits per heavy atom. The molecular formula is C16H16FN3O2. The maximum Gasteiger partial charge on any atom is 0.319 e. The summed E-state index contributed by atoms with van der Waals surface area (Å²) >= 11 is 0. The van der Waals surface area contributed by atoms with E-state index in [2.05, 4.69) is 16.0 Å². The first kappa shape index (κ1) is 15.5. The van der Waals surface area contributed by atoms with E-state index < -0.39 is 17.8 Å². The lowest BCUT2D eigenvalue weighted by Gasteiger charge is -2.09. The number of amides is 3. The van der Waals surface area contributed by atoms with Crippen molar-refractivity contribution in [2.75, 3.05) is 17.2 Å². The van der Waals surface area contributed by atoms with Gasteiger partial charge in [-0.2, -0.15) is 0 Å². The van der Waals surface area contributed by atoms with Crippen LogP contribution in [-0.2, 0) is 4.79 Å². The highest BCUT2D eigenvalue weighted by Gasteiger charge is 2.08. The smallest absolute Gasteiger partial charge is 0.319 e. The van der Waals surface area contributed by atoms with Gasteiger partial charge >= 0.3 is 6.03 Å². The maximum atomic E-state index is 13.4. The van der Waals surface area contributed by atoms with E-state index in [0.717, 1.165) is 5.56 Å². The van der Waals surface area contributed by atoms with E-state index in [1.807, 2.05) is 19.1 Å². The van der Waals surface area contributed by atoms with E-state index in [1.165, 1.54) is 18.2 Å². The Balaban J connectivity index is 1.81. The number of hydrogen-bond donors (Lipinski definition) is 3. The number of para-hydroxylation sites is 1. The number of carbonyl (C=O) groups is 2. The van der Waals surface area contributed by atoms with Crippen LogP contribution in [0.3, 0.4) is 0 Å². The lowest BCUT2D eigenvalue weighted by Crippen LogP contribution is -2.35. The topological polar surface area (TPSA) is 70.2 Å². The van der Waals surface area contributed by atoms with Gasteiger partial charge in [0.15, 0.2) is 0 Å². The molecule has 3 amide bonds. The largest absolute Gasteiger partial charge is 0.329 e. The molecule has 0 aliphatic rings. The third-order valence-electron chi connectivity index (χ3n) is 2.83. The molecule has 0 aromatic heterocycles. The minimum atomic E-state index is -0.528. The average molecular weight is 301 g/mol. The first-order valence-corrected chi connectivity index (χ1v) is 6.70. The summed E-state index contributed by atoms with van der Waals surface area (Å²) in [6.07, 6.45) is 0. The van der Waals surface area contributed by atoms with Crippen LogP contribution < -0.4 is 16.0 Å². The van der Waals surface area contributed by atoms with Gasteiger partial charge in [0, 0.05) is 5.69 Å². The highest BCUT2D eigenvalue weighted by atomic mass is 19.1. The molecule has 0 bridgehead atoms. The SMILES string of the molecule is Cc1cccc(NC(=O)NCC(=O)Nc2ccccc2F)c1. The maximum absolute atomic E-state index is 13.4. The van der Waals surface area contributed by atoms with Crippen LogP contribution in [0.1, 0.15) is 5.56 Å². The molecular weight excluding hydrogens is 285 g/mol. The highest BCUT2D eigenvalue weighted by Crippen LogP contribution is 2.12. The van der Waals surface area contributed by atoms with Crippen molar-refractivity contribution >= 4 is 23.3 Å². The van der Waals surface area contributed by atoms with Gasteiger partial charge in [-0.3, -0.25) is 4.79 Å². The van der Waals surface area contributed by atoms with Gasteiger partial charge in [-0.25, -0.2) is 9.18 Å². The second-order valence-electron chi connectivity index (χ2n) is 4.71. The fourth-order valence-electron chi connectivity index (χ4n) is 1.82. The number of urea groups is 1. The Labute approximate surface area is 127 Å². The number of anilines is 2. The molecule has 0 aliphatic carbocycles. The monoisotopic (exact) mass is 301 g/mol. The van der Waals surface area contributed by atoms with Crippen LogP contribution in [0.5, 0.6) is 0 Å². The minimum absolute atomic E-state index is 0.0772. The van der Waals surface area contributed by atoms with Gasteiger partial charge in [0.2, 0.25) is 5.91 Å². The zero-order chi connectivity index (χ0) is 15.9. The molecule has 0 saturated heterocycles. The summed E-state index contributed by atoms with van der Waals surface area (Å²) < 4.78 is 13.4. The number of nitrogens with one attached hydrogen (secondary N) is 3. The van der Waals surface area contributed by atoms with E-state index in [1.54, 1.807) is 18.2 Å². The first-order chi connectivity index (χ1) is 10.5. The van der Waals surface area contributed by atoms with Crippen molar-refractivity contribution in [3.8, 4) is 0 Å². The van der Waals surface area contributed by atoms with Crippen LogP contribution in [0.4, 0.5) is 20.6 Å². The van der Waals surface area contributed by atoms with Crippen molar-refractivity contribution < 1.29 is 14.0 Å². The summed E-state index contributed by atoms with van der Waals surface area (Å²) in [5.74, 6) is -1.04. The summed E-state index contributed by atoms with van der Waals surface area (Å²) in [7, 11) is 0. The fraction of sp³-hybridized carbons (Fsp3) is 0.125. The van der Waals surface area contributed by atoms with Crippen molar-refractivity contribution in [2.45, 2.75) is 6.92 Å². The van der Waals surface area contributed by atoms with Gasteiger partial charge in [0.25, 0.3) is 0 Å². The fourth-order valence-corrected chi connectivity index (χ4v) is 1.82. The molecule has 114 valence electrons. The van der Waals surface area contributed by atoms with Crippen molar-refractivity contribution in [1.82, 2.24) is 5.32 Å².